The maximum atomic E-state index is 16.1. The van der Waals surface area contributed by atoms with Crippen LogP contribution in [0.3, 0.4) is 0 Å². The largest absolute Gasteiger partial charge is 0.394 e. The molecule has 1 fully saturated rings. The fourth-order valence-electron chi connectivity index (χ4n) is 6.22. The molecule has 5 rings (SSSR count). The van der Waals surface area contributed by atoms with Gasteiger partial charge in [0.2, 0.25) is 0 Å². The van der Waals surface area contributed by atoms with Crippen molar-refractivity contribution < 1.29 is 24.1 Å². The Bertz CT molecular complexity index is 1460. The van der Waals surface area contributed by atoms with Crippen molar-refractivity contribution in [3.05, 3.63) is 93.3 Å². The molecular weight excluding hydrogens is 547 g/mol. The van der Waals surface area contributed by atoms with Crippen molar-refractivity contribution in [3.63, 3.8) is 0 Å². The predicted molar refractivity (Wildman–Crippen MR) is 149 cm³/mol. The number of carbonyl (C=O) groups is 1. The highest BCUT2D eigenvalue weighted by Gasteiger charge is 2.47. The van der Waals surface area contributed by atoms with Crippen LogP contribution in [0.1, 0.15) is 96.2 Å². The second kappa shape index (κ2) is 12.2. The molecule has 1 aliphatic heterocycles. The minimum atomic E-state index is -1.28. The number of aliphatic hydroxyl groups is 2. The highest BCUT2D eigenvalue weighted by Crippen LogP contribution is 2.47. The van der Waals surface area contributed by atoms with Crippen LogP contribution in [0, 0.1) is 23.1 Å². The van der Waals surface area contributed by atoms with Gasteiger partial charge < -0.3 is 14.9 Å². The van der Waals surface area contributed by atoms with Crippen LogP contribution in [0.4, 0.5) is 4.39 Å². The Morgan fingerprint density at radius 1 is 1.22 bits per heavy atom. The lowest BCUT2D eigenvalue weighted by molar-refractivity contribution is -0.0629. The van der Waals surface area contributed by atoms with Gasteiger partial charge in [0, 0.05) is 23.0 Å². The zero-order chi connectivity index (χ0) is 29.1. The third kappa shape index (κ3) is 5.45. The average molecular weight is 579 g/mol. The van der Waals surface area contributed by atoms with E-state index in [1.54, 1.807) is 30.3 Å². The SMILES string of the molecule is CCC(O)(c1cc(F)c2c(c1)C(=O)N(C(c1cccc(Cl)c1)c1ncc(C#N)cn1)[C@@H]2OCCO)C1CCCCC1. The van der Waals surface area contributed by atoms with Crippen LogP contribution in [-0.4, -0.2) is 44.2 Å². The molecule has 0 spiro atoms. The molecule has 2 N–H and O–H groups in total. The molecule has 2 unspecified atom stereocenters. The second-order valence-electron chi connectivity index (χ2n) is 10.6. The van der Waals surface area contributed by atoms with Crippen LogP contribution in [0.15, 0.2) is 48.8 Å². The zero-order valence-electron chi connectivity index (χ0n) is 22.8. The molecule has 41 heavy (non-hydrogen) atoms. The van der Waals surface area contributed by atoms with E-state index in [9.17, 15) is 20.3 Å². The maximum absolute atomic E-state index is 16.1. The first-order chi connectivity index (χ1) is 19.8. The lowest BCUT2D eigenvalue weighted by Gasteiger charge is -2.38. The molecule has 0 radical (unpaired) electrons. The summed E-state index contributed by atoms with van der Waals surface area (Å²) in [6.07, 6.45) is 6.62. The number of halogens is 2. The summed E-state index contributed by atoms with van der Waals surface area (Å²) in [7, 11) is 0. The standard InChI is InChI=1S/C31H32ClFN4O4/c1-2-31(40,21-8-4-3-5-9-21)22-14-24-26(25(33)15-22)30(41-12-11-38)37(29(24)39)27(20-7-6-10-23(32)13-20)28-35-17-19(16-34)18-36-28/h6-7,10,13-15,17-18,21,27,30,38,40H,2-5,8-9,11-12H2,1H3/t27?,30-,31?/m1/s1. The quantitative estimate of drug-likeness (QED) is 0.340. The molecule has 2 heterocycles. The number of ether oxygens (including phenoxy) is 1. The van der Waals surface area contributed by atoms with E-state index in [1.165, 1.54) is 23.4 Å². The summed E-state index contributed by atoms with van der Waals surface area (Å²) in [5.41, 5.74) is -0.0307. The van der Waals surface area contributed by atoms with Gasteiger partial charge in [-0.3, -0.25) is 9.69 Å². The lowest BCUT2D eigenvalue weighted by atomic mass is 9.71. The van der Waals surface area contributed by atoms with Crippen LogP contribution in [-0.2, 0) is 10.3 Å². The number of rotatable bonds is 9. The van der Waals surface area contributed by atoms with E-state index in [1.807, 2.05) is 13.0 Å². The fourth-order valence-corrected chi connectivity index (χ4v) is 6.42. The maximum Gasteiger partial charge on any atom is 0.257 e. The minimum absolute atomic E-state index is 0.0231. The van der Waals surface area contributed by atoms with Crippen LogP contribution >= 0.6 is 11.6 Å². The number of carbonyl (C=O) groups excluding carboxylic acids is 1. The average Bonchev–Trinajstić information content (AvgIpc) is 3.28. The number of amides is 1. The number of hydrogen-bond acceptors (Lipinski definition) is 7. The van der Waals surface area contributed by atoms with E-state index in [-0.39, 0.29) is 41.6 Å². The first-order valence-corrected chi connectivity index (χ1v) is 14.3. The highest BCUT2D eigenvalue weighted by molar-refractivity contribution is 6.30. The van der Waals surface area contributed by atoms with Gasteiger partial charge in [-0.05, 0) is 60.6 Å². The van der Waals surface area contributed by atoms with Crippen LogP contribution < -0.4 is 0 Å². The third-order valence-electron chi connectivity index (χ3n) is 8.27. The summed E-state index contributed by atoms with van der Waals surface area (Å²) in [6.45, 7) is 1.37. The number of fused-ring (bicyclic) bond motifs is 1. The Morgan fingerprint density at radius 2 is 1.95 bits per heavy atom. The Morgan fingerprint density at radius 3 is 2.59 bits per heavy atom. The molecule has 10 heteroatoms. The summed E-state index contributed by atoms with van der Waals surface area (Å²) in [4.78, 5) is 24.3. The molecule has 8 nitrogen and oxygen atoms in total. The van der Waals surface area contributed by atoms with Gasteiger partial charge in [0.05, 0.1) is 29.9 Å². The lowest BCUT2D eigenvalue weighted by Crippen LogP contribution is -2.36. The van der Waals surface area contributed by atoms with Gasteiger partial charge in [-0.15, -0.1) is 0 Å². The molecule has 0 saturated heterocycles. The van der Waals surface area contributed by atoms with Gasteiger partial charge in [0.25, 0.3) is 5.91 Å². The summed E-state index contributed by atoms with van der Waals surface area (Å²) in [5.74, 6) is -1.08. The number of nitriles is 1. The Labute approximate surface area is 243 Å². The zero-order valence-corrected chi connectivity index (χ0v) is 23.5. The summed E-state index contributed by atoms with van der Waals surface area (Å²) in [5, 5.41) is 31.1. The molecule has 1 amide bonds. The number of nitrogens with zero attached hydrogens (tertiary/aromatic N) is 4. The van der Waals surface area contributed by atoms with Gasteiger partial charge >= 0.3 is 0 Å². The molecule has 214 valence electrons. The Hall–Kier alpha value is -3.42. The van der Waals surface area contributed by atoms with E-state index in [0.29, 0.717) is 22.6 Å². The molecule has 1 saturated carbocycles. The van der Waals surface area contributed by atoms with E-state index in [2.05, 4.69) is 9.97 Å². The highest BCUT2D eigenvalue weighted by atomic mass is 35.5. The van der Waals surface area contributed by atoms with Gasteiger partial charge in [-0.2, -0.15) is 5.26 Å². The molecule has 2 aliphatic rings. The normalized spacial score (nSPS) is 19.5. The molecule has 3 aromatic rings. The number of aliphatic hydroxyl groups excluding tert-OH is 1. The van der Waals surface area contributed by atoms with E-state index >= 15 is 4.39 Å². The topological polar surface area (TPSA) is 120 Å². The first kappa shape index (κ1) is 29.1. The van der Waals surface area contributed by atoms with Gasteiger partial charge in [-0.25, -0.2) is 14.4 Å². The number of aromatic nitrogens is 2. The van der Waals surface area contributed by atoms with Crippen molar-refractivity contribution in [2.75, 3.05) is 13.2 Å². The predicted octanol–water partition coefficient (Wildman–Crippen LogP) is 5.57. The van der Waals surface area contributed by atoms with Crippen LogP contribution in [0.25, 0.3) is 0 Å². The molecule has 1 aliphatic carbocycles. The van der Waals surface area contributed by atoms with E-state index in [4.69, 9.17) is 16.3 Å². The third-order valence-corrected chi connectivity index (χ3v) is 8.50. The number of hydrogen-bond donors (Lipinski definition) is 2. The summed E-state index contributed by atoms with van der Waals surface area (Å²) < 4.78 is 22.0. The van der Waals surface area contributed by atoms with Crippen molar-refractivity contribution in [2.45, 2.75) is 63.3 Å². The van der Waals surface area contributed by atoms with Crippen molar-refractivity contribution in [3.8, 4) is 6.07 Å². The molecule has 1 aromatic heterocycles. The Balaban J connectivity index is 1.66. The second-order valence-corrected chi connectivity index (χ2v) is 11.0. The van der Waals surface area contributed by atoms with Crippen LogP contribution in [0.2, 0.25) is 5.02 Å². The smallest absolute Gasteiger partial charge is 0.257 e. The van der Waals surface area contributed by atoms with E-state index < -0.39 is 29.6 Å². The number of benzene rings is 2. The Kier molecular flexibility index (Phi) is 8.66. The van der Waals surface area contributed by atoms with Crippen molar-refractivity contribution in [1.82, 2.24) is 14.9 Å². The molecule has 3 atom stereocenters. The minimum Gasteiger partial charge on any atom is -0.394 e. The van der Waals surface area contributed by atoms with Gasteiger partial charge in [0.1, 0.15) is 17.9 Å². The van der Waals surface area contributed by atoms with Crippen molar-refractivity contribution in [1.29, 1.82) is 5.26 Å². The summed E-state index contributed by atoms with van der Waals surface area (Å²) in [6, 6.07) is 10.7. The fraction of sp³-hybridized carbons (Fsp3) is 0.419. The molecule has 0 bridgehead atoms. The van der Waals surface area contributed by atoms with Gasteiger partial charge in [0.15, 0.2) is 12.1 Å². The molecule has 2 aromatic carbocycles. The van der Waals surface area contributed by atoms with Crippen molar-refractivity contribution >= 4 is 17.5 Å². The van der Waals surface area contributed by atoms with E-state index in [0.717, 1.165) is 32.1 Å². The van der Waals surface area contributed by atoms with Crippen molar-refractivity contribution in [2.24, 2.45) is 5.92 Å². The van der Waals surface area contributed by atoms with Crippen LogP contribution in [0.5, 0.6) is 0 Å². The molecular formula is C31H32ClFN4O4. The van der Waals surface area contributed by atoms with Gasteiger partial charge in [-0.1, -0.05) is 49.9 Å². The first-order valence-electron chi connectivity index (χ1n) is 13.9. The monoisotopic (exact) mass is 578 g/mol. The summed E-state index contributed by atoms with van der Waals surface area (Å²) >= 11 is 6.32.